The van der Waals surface area contributed by atoms with Gasteiger partial charge in [-0.15, -0.1) is 0 Å². The van der Waals surface area contributed by atoms with Crippen LogP contribution in [0.1, 0.15) is 6.42 Å². The zero-order valence-corrected chi connectivity index (χ0v) is 11.2. The van der Waals surface area contributed by atoms with E-state index in [0.717, 1.165) is 13.0 Å². The number of rotatable bonds is 3. The van der Waals surface area contributed by atoms with E-state index in [4.69, 9.17) is 23.2 Å². The zero-order chi connectivity index (χ0) is 12.5. The third-order valence-electron chi connectivity index (χ3n) is 2.57. The molecule has 1 saturated heterocycles. The van der Waals surface area contributed by atoms with E-state index in [9.17, 15) is 8.42 Å². The van der Waals surface area contributed by atoms with Crippen LogP contribution in [0.2, 0.25) is 10.0 Å². The Labute approximate surface area is 110 Å². The SMILES string of the molecule is O=S(=O)(N[C@@H]1CCNC1)c1c(Cl)cccc1Cl. The van der Waals surface area contributed by atoms with Crippen molar-refractivity contribution in [1.82, 2.24) is 10.0 Å². The molecule has 0 bridgehead atoms. The van der Waals surface area contributed by atoms with Gasteiger partial charge in [0.05, 0.1) is 10.0 Å². The largest absolute Gasteiger partial charge is 0.315 e. The third-order valence-corrected chi connectivity index (χ3v) is 5.04. The highest BCUT2D eigenvalue weighted by Gasteiger charge is 2.26. The van der Waals surface area contributed by atoms with Gasteiger partial charge in [0.1, 0.15) is 4.90 Å². The fourth-order valence-electron chi connectivity index (χ4n) is 1.77. The molecule has 1 aliphatic heterocycles. The highest BCUT2D eigenvalue weighted by molar-refractivity contribution is 7.89. The quantitative estimate of drug-likeness (QED) is 0.891. The van der Waals surface area contributed by atoms with Crippen molar-refractivity contribution in [2.75, 3.05) is 13.1 Å². The fraction of sp³-hybridized carbons (Fsp3) is 0.400. The second-order valence-electron chi connectivity index (χ2n) is 3.86. The Morgan fingerprint density at radius 1 is 1.29 bits per heavy atom. The Morgan fingerprint density at radius 2 is 1.94 bits per heavy atom. The van der Waals surface area contributed by atoms with Crippen molar-refractivity contribution in [3.05, 3.63) is 28.2 Å². The molecule has 0 radical (unpaired) electrons. The van der Waals surface area contributed by atoms with Crippen LogP contribution in [0.3, 0.4) is 0 Å². The van der Waals surface area contributed by atoms with E-state index < -0.39 is 10.0 Å². The van der Waals surface area contributed by atoms with Gasteiger partial charge in [0.15, 0.2) is 0 Å². The third kappa shape index (κ3) is 2.92. The summed E-state index contributed by atoms with van der Waals surface area (Å²) in [5, 5.41) is 3.35. The maximum Gasteiger partial charge on any atom is 0.243 e. The van der Waals surface area contributed by atoms with E-state index in [1.54, 1.807) is 6.07 Å². The summed E-state index contributed by atoms with van der Waals surface area (Å²) < 4.78 is 26.8. The molecular formula is C10H12Cl2N2O2S. The lowest BCUT2D eigenvalue weighted by Gasteiger charge is -2.13. The van der Waals surface area contributed by atoms with E-state index in [2.05, 4.69) is 10.0 Å². The molecule has 17 heavy (non-hydrogen) atoms. The molecule has 2 N–H and O–H groups in total. The Kier molecular flexibility index (Phi) is 3.95. The molecular weight excluding hydrogens is 283 g/mol. The summed E-state index contributed by atoms with van der Waals surface area (Å²) >= 11 is 11.8. The van der Waals surface area contributed by atoms with E-state index in [1.165, 1.54) is 12.1 Å². The second kappa shape index (κ2) is 5.12. The van der Waals surface area contributed by atoms with E-state index in [0.29, 0.717) is 6.54 Å². The maximum absolute atomic E-state index is 12.1. The van der Waals surface area contributed by atoms with Gasteiger partial charge >= 0.3 is 0 Å². The first-order valence-corrected chi connectivity index (χ1v) is 7.41. The van der Waals surface area contributed by atoms with Crippen LogP contribution in [0.15, 0.2) is 23.1 Å². The lowest BCUT2D eigenvalue weighted by atomic mass is 10.3. The summed E-state index contributed by atoms with van der Waals surface area (Å²) in [4.78, 5) is -0.0461. The molecule has 94 valence electrons. The first kappa shape index (κ1) is 13.1. The van der Waals surface area contributed by atoms with Crippen LogP contribution in [0.5, 0.6) is 0 Å². The van der Waals surface area contributed by atoms with Crippen molar-refractivity contribution < 1.29 is 8.42 Å². The summed E-state index contributed by atoms with van der Waals surface area (Å²) in [5.41, 5.74) is 0. The number of hydrogen-bond donors (Lipinski definition) is 2. The number of hydrogen-bond acceptors (Lipinski definition) is 3. The van der Waals surface area contributed by atoms with Crippen LogP contribution in [0.25, 0.3) is 0 Å². The Balaban J connectivity index is 2.31. The van der Waals surface area contributed by atoms with Gasteiger partial charge in [-0.3, -0.25) is 0 Å². The zero-order valence-electron chi connectivity index (χ0n) is 8.91. The van der Waals surface area contributed by atoms with Crippen molar-refractivity contribution >= 4 is 33.2 Å². The van der Waals surface area contributed by atoms with Crippen LogP contribution in [-0.4, -0.2) is 27.5 Å². The maximum atomic E-state index is 12.1. The van der Waals surface area contributed by atoms with E-state index >= 15 is 0 Å². The highest BCUT2D eigenvalue weighted by Crippen LogP contribution is 2.29. The summed E-state index contributed by atoms with van der Waals surface area (Å²) in [7, 11) is -3.66. The Bertz CT molecular complexity index is 493. The average molecular weight is 295 g/mol. The van der Waals surface area contributed by atoms with Gasteiger partial charge in [-0.1, -0.05) is 29.3 Å². The molecule has 1 atom stereocenters. The van der Waals surface area contributed by atoms with Crippen LogP contribution >= 0.6 is 23.2 Å². The van der Waals surface area contributed by atoms with Gasteiger partial charge in [-0.05, 0) is 25.1 Å². The van der Waals surface area contributed by atoms with Gasteiger partial charge in [0, 0.05) is 12.6 Å². The number of sulfonamides is 1. The first-order chi connectivity index (χ1) is 8.00. The molecule has 1 aliphatic rings. The lowest BCUT2D eigenvalue weighted by molar-refractivity contribution is 0.560. The number of nitrogens with one attached hydrogen (secondary N) is 2. The standard InChI is InChI=1S/C10H12Cl2N2O2S/c11-8-2-1-3-9(12)10(8)17(15,16)14-7-4-5-13-6-7/h1-3,7,13-14H,4-6H2/t7-/m1/s1. The molecule has 1 fully saturated rings. The molecule has 0 spiro atoms. The van der Waals surface area contributed by atoms with Crippen molar-refractivity contribution in [3.8, 4) is 0 Å². The number of benzene rings is 1. The normalized spacial score (nSPS) is 20.7. The smallest absolute Gasteiger partial charge is 0.243 e. The molecule has 4 nitrogen and oxygen atoms in total. The molecule has 1 aromatic carbocycles. The fourth-order valence-corrected chi connectivity index (χ4v) is 4.19. The summed E-state index contributed by atoms with van der Waals surface area (Å²) in [6, 6.07) is 4.53. The average Bonchev–Trinajstić information content (AvgIpc) is 2.68. The van der Waals surface area contributed by atoms with Crippen LogP contribution in [0.4, 0.5) is 0 Å². The van der Waals surface area contributed by atoms with E-state index in [1.807, 2.05) is 0 Å². The van der Waals surface area contributed by atoms with Gasteiger partial charge in [-0.25, -0.2) is 13.1 Å². The molecule has 0 amide bonds. The molecule has 7 heteroatoms. The first-order valence-electron chi connectivity index (χ1n) is 5.18. The molecule has 0 aliphatic carbocycles. The van der Waals surface area contributed by atoms with Gasteiger partial charge in [0.2, 0.25) is 10.0 Å². The monoisotopic (exact) mass is 294 g/mol. The molecule has 1 aromatic rings. The van der Waals surface area contributed by atoms with Crippen molar-refractivity contribution in [3.63, 3.8) is 0 Å². The Hall–Kier alpha value is -0.330. The van der Waals surface area contributed by atoms with Gasteiger partial charge in [0.25, 0.3) is 0 Å². The predicted octanol–water partition coefficient (Wildman–Crippen LogP) is 1.63. The van der Waals surface area contributed by atoms with Crippen LogP contribution < -0.4 is 10.0 Å². The lowest BCUT2D eigenvalue weighted by Crippen LogP contribution is -2.36. The molecule has 2 rings (SSSR count). The minimum absolute atomic E-state index is 0.0461. The van der Waals surface area contributed by atoms with Gasteiger partial charge in [-0.2, -0.15) is 0 Å². The summed E-state index contributed by atoms with van der Waals surface area (Å²) in [6.45, 7) is 1.44. The molecule has 0 saturated carbocycles. The minimum atomic E-state index is -3.66. The Morgan fingerprint density at radius 3 is 2.47 bits per heavy atom. The van der Waals surface area contributed by atoms with E-state index in [-0.39, 0.29) is 21.0 Å². The summed E-state index contributed by atoms with van der Waals surface area (Å²) in [5.74, 6) is 0. The number of halogens is 2. The van der Waals surface area contributed by atoms with Crippen molar-refractivity contribution in [2.24, 2.45) is 0 Å². The summed E-state index contributed by atoms with van der Waals surface area (Å²) in [6.07, 6.45) is 0.765. The predicted molar refractivity (Wildman–Crippen MR) is 68.1 cm³/mol. The molecule has 1 heterocycles. The van der Waals surface area contributed by atoms with Gasteiger partial charge < -0.3 is 5.32 Å². The second-order valence-corrected chi connectivity index (χ2v) is 6.33. The molecule has 0 unspecified atom stereocenters. The minimum Gasteiger partial charge on any atom is -0.315 e. The van der Waals surface area contributed by atoms with Crippen LogP contribution in [-0.2, 0) is 10.0 Å². The van der Waals surface area contributed by atoms with Crippen molar-refractivity contribution in [2.45, 2.75) is 17.4 Å². The topological polar surface area (TPSA) is 58.2 Å². The highest BCUT2D eigenvalue weighted by atomic mass is 35.5. The molecule has 0 aromatic heterocycles. The van der Waals surface area contributed by atoms with Crippen molar-refractivity contribution in [1.29, 1.82) is 0 Å². The van der Waals surface area contributed by atoms with Crippen LogP contribution in [0, 0.1) is 0 Å².